The number of aromatic nitrogens is 1. The summed E-state index contributed by atoms with van der Waals surface area (Å²) in [6.45, 7) is 0. The van der Waals surface area contributed by atoms with Crippen molar-refractivity contribution in [1.29, 1.82) is 0 Å². The van der Waals surface area contributed by atoms with Gasteiger partial charge in [-0.05, 0) is 41.5 Å². The standard InChI is InChI=1S/C19H14BrNO/c20-17-8-10-18(11-9-17)21-13-12-16(14-19(21)22)7-6-15-4-2-1-3-5-15/h1-14H/b7-6+. The molecular weight excluding hydrogens is 338 g/mol. The number of rotatable bonds is 3. The Kier molecular flexibility index (Phi) is 4.35. The number of halogens is 1. The fourth-order valence-corrected chi connectivity index (χ4v) is 2.43. The van der Waals surface area contributed by atoms with Crippen molar-refractivity contribution in [1.82, 2.24) is 4.57 Å². The lowest BCUT2D eigenvalue weighted by Crippen LogP contribution is -2.16. The van der Waals surface area contributed by atoms with Crippen molar-refractivity contribution in [3.8, 4) is 5.69 Å². The lowest BCUT2D eigenvalue weighted by Gasteiger charge is -2.06. The Morgan fingerprint density at radius 1 is 0.818 bits per heavy atom. The number of hydrogen-bond donors (Lipinski definition) is 0. The van der Waals surface area contributed by atoms with Crippen LogP contribution in [0.15, 0.2) is 82.2 Å². The third-order valence-electron chi connectivity index (χ3n) is 3.32. The Morgan fingerprint density at radius 2 is 1.50 bits per heavy atom. The van der Waals surface area contributed by atoms with E-state index < -0.39 is 0 Å². The van der Waals surface area contributed by atoms with Crippen LogP contribution in [0.25, 0.3) is 17.8 Å². The first-order valence-electron chi connectivity index (χ1n) is 6.94. The van der Waals surface area contributed by atoms with Crippen LogP contribution in [0.4, 0.5) is 0 Å². The van der Waals surface area contributed by atoms with E-state index in [4.69, 9.17) is 0 Å². The second-order valence-electron chi connectivity index (χ2n) is 4.89. The van der Waals surface area contributed by atoms with Gasteiger partial charge in [0.05, 0.1) is 0 Å². The SMILES string of the molecule is O=c1cc(/C=C/c2ccccc2)ccn1-c1ccc(Br)cc1. The monoisotopic (exact) mass is 351 g/mol. The van der Waals surface area contributed by atoms with E-state index in [1.54, 1.807) is 16.8 Å². The van der Waals surface area contributed by atoms with Gasteiger partial charge >= 0.3 is 0 Å². The van der Waals surface area contributed by atoms with Crippen LogP contribution in [0.2, 0.25) is 0 Å². The first kappa shape index (κ1) is 14.5. The summed E-state index contributed by atoms with van der Waals surface area (Å²) in [6, 6.07) is 21.3. The molecule has 0 aliphatic carbocycles. The maximum Gasteiger partial charge on any atom is 0.255 e. The van der Waals surface area contributed by atoms with Gasteiger partial charge in [0, 0.05) is 22.4 Å². The van der Waals surface area contributed by atoms with Crippen LogP contribution >= 0.6 is 15.9 Å². The highest BCUT2D eigenvalue weighted by molar-refractivity contribution is 9.10. The average molecular weight is 352 g/mol. The van der Waals surface area contributed by atoms with Crippen LogP contribution in [0.5, 0.6) is 0 Å². The van der Waals surface area contributed by atoms with Crippen LogP contribution in [0, 0.1) is 0 Å². The van der Waals surface area contributed by atoms with E-state index in [1.807, 2.05) is 72.8 Å². The van der Waals surface area contributed by atoms with Crippen molar-refractivity contribution in [2.75, 3.05) is 0 Å². The molecule has 2 aromatic carbocycles. The zero-order chi connectivity index (χ0) is 15.4. The third-order valence-corrected chi connectivity index (χ3v) is 3.84. The van der Waals surface area contributed by atoms with Crippen LogP contribution in [-0.2, 0) is 0 Å². The minimum atomic E-state index is -0.0439. The van der Waals surface area contributed by atoms with E-state index >= 15 is 0 Å². The molecular formula is C19H14BrNO. The predicted octanol–water partition coefficient (Wildman–Crippen LogP) is 4.77. The van der Waals surface area contributed by atoms with Crippen LogP contribution in [0.1, 0.15) is 11.1 Å². The zero-order valence-corrected chi connectivity index (χ0v) is 13.4. The van der Waals surface area contributed by atoms with E-state index in [0.717, 1.165) is 21.3 Å². The summed E-state index contributed by atoms with van der Waals surface area (Å²) in [5, 5.41) is 0. The van der Waals surface area contributed by atoms with E-state index in [0.29, 0.717) is 0 Å². The molecule has 3 heteroatoms. The van der Waals surface area contributed by atoms with Crippen molar-refractivity contribution in [2.45, 2.75) is 0 Å². The molecule has 0 amide bonds. The van der Waals surface area contributed by atoms with Crippen molar-refractivity contribution in [3.05, 3.63) is 98.9 Å². The van der Waals surface area contributed by atoms with E-state index in [-0.39, 0.29) is 5.56 Å². The fraction of sp³-hybridized carbons (Fsp3) is 0. The van der Waals surface area contributed by atoms with Crippen LogP contribution in [-0.4, -0.2) is 4.57 Å². The third kappa shape index (κ3) is 3.43. The average Bonchev–Trinajstić information content (AvgIpc) is 2.55. The zero-order valence-electron chi connectivity index (χ0n) is 11.8. The molecule has 0 saturated heterocycles. The van der Waals surface area contributed by atoms with Gasteiger partial charge in [0.25, 0.3) is 5.56 Å². The Balaban J connectivity index is 1.88. The molecule has 0 atom stereocenters. The maximum absolute atomic E-state index is 12.3. The molecule has 0 fully saturated rings. The van der Waals surface area contributed by atoms with Crippen LogP contribution < -0.4 is 5.56 Å². The van der Waals surface area contributed by atoms with Gasteiger partial charge in [0.15, 0.2) is 0 Å². The van der Waals surface area contributed by atoms with E-state index in [1.165, 1.54) is 0 Å². The van der Waals surface area contributed by atoms with Crippen LogP contribution in [0.3, 0.4) is 0 Å². The summed E-state index contributed by atoms with van der Waals surface area (Å²) in [7, 11) is 0. The highest BCUT2D eigenvalue weighted by Crippen LogP contribution is 2.13. The fourth-order valence-electron chi connectivity index (χ4n) is 2.17. The summed E-state index contributed by atoms with van der Waals surface area (Å²) < 4.78 is 2.62. The quantitative estimate of drug-likeness (QED) is 0.666. The number of nitrogens with zero attached hydrogens (tertiary/aromatic N) is 1. The molecule has 22 heavy (non-hydrogen) atoms. The summed E-state index contributed by atoms with van der Waals surface area (Å²) in [5.41, 5.74) is 2.81. The molecule has 1 heterocycles. The molecule has 0 unspecified atom stereocenters. The minimum Gasteiger partial charge on any atom is -0.284 e. The second-order valence-corrected chi connectivity index (χ2v) is 5.80. The summed E-state index contributed by atoms with van der Waals surface area (Å²) in [6.07, 6.45) is 5.75. The predicted molar refractivity (Wildman–Crippen MR) is 95.1 cm³/mol. The topological polar surface area (TPSA) is 22.0 Å². The highest BCUT2D eigenvalue weighted by atomic mass is 79.9. The number of pyridine rings is 1. The molecule has 3 aromatic rings. The number of benzene rings is 2. The maximum atomic E-state index is 12.3. The first-order valence-corrected chi connectivity index (χ1v) is 7.73. The molecule has 0 N–H and O–H groups in total. The lowest BCUT2D eigenvalue weighted by molar-refractivity contribution is 0.988. The molecule has 0 bridgehead atoms. The molecule has 1 aromatic heterocycles. The highest BCUT2D eigenvalue weighted by Gasteiger charge is 2.00. The molecule has 2 nitrogen and oxygen atoms in total. The van der Waals surface area contributed by atoms with E-state index in [9.17, 15) is 4.79 Å². The minimum absolute atomic E-state index is 0.0439. The molecule has 108 valence electrons. The molecule has 0 spiro atoms. The molecule has 3 rings (SSSR count). The second kappa shape index (κ2) is 6.58. The van der Waals surface area contributed by atoms with E-state index in [2.05, 4.69) is 15.9 Å². The largest absolute Gasteiger partial charge is 0.284 e. The normalized spacial score (nSPS) is 11.0. The van der Waals surface area contributed by atoms with Gasteiger partial charge in [0.2, 0.25) is 0 Å². The van der Waals surface area contributed by atoms with Crippen molar-refractivity contribution in [3.63, 3.8) is 0 Å². The summed E-state index contributed by atoms with van der Waals surface area (Å²) in [5.74, 6) is 0. The molecule has 0 radical (unpaired) electrons. The molecule has 0 aliphatic heterocycles. The van der Waals surface area contributed by atoms with Gasteiger partial charge in [-0.15, -0.1) is 0 Å². The Hall–Kier alpha value is -2.39. The number of hydrogen-bond acceptors (Lipinski definition) is 1. The van der Waals surface area contributed by atoms with Crippen molar-refractivity contribution < 1.29 is 0 Å². The summed E-state index contributed by atoms with van der Waals surface area (Å²) in [4.78, 5) is 12.3. The smallest absolute Gasteiger partial charge is 0.255 e. The van der Waals surface area contributed by atoms with Gasteiger partial charge in [0.1, 0.15) is 0 Å². The Morgan fingerprint density at radius 3 is 2.18 bits per heavy atom. The summed E-state index contributed by atoms with van der Waals surface area (Å²) >= 11 is 3.39. The molecule has 0 aliphatic rings. The van der Waals surface area contributed by atoms with Gasteiger partial charge < -0.3 is 0 Å². The van der Waals surface area contributed by atoms with Gasteiger partial charge in [-0.1, -0.05) is 58.4 Å². The Bertz CT molecular complexity index is 849. The first-order chi connectivity index (χ1) is 10.7. The Labute approximate surface area is 137 Å². The van der Waals surface area contributed by atoms with Gasteiger partial charge in [-0.25, -0.2) is 0 Å². The van der Waals surface area contributed by atoms with Crippen molar-refractivity contribution >= 4 is 28.1 Å². The van der Waals surface area contributed by atoms with Gasteiger partial charge in [-0.3, -0.25) is 9.36 Å². The van der Waals surface area contributed by atoms with Gasteiger partial charge in [-0.2, -0.15) is 0 Å². The lowest BCUT2D eigenvalue weighted by atomic mass is 10.1. The van der Waals surface area contributed by atoms with Crippen molar-refractivity contribution in [2.24, 2.45) is 0 Å². The molecule has 0 saturated carbocycles.